The van der Waals surface area contributed by atoms with Crippen LogP contribution in [-0.4, -0.2) is 26.8 Å². The molecule has 0 saturated carbocycles. The molecule has 3 rings (SSSR count). The summed E-state index contributed by atoms with van der Waals surface area (Å²) in [5.74, 6) is -0.725. The zero-order valence-electron chi connectivity index (χ0n) is 14.8. The molecule has 0 aliphatic rings. The Balaban J connectivity index is 1.83. The van der Waals surface area contributed by atoms with E-state index in [0.717, 1.165) is 10.9 Å². The van der Waals surface area contributed by atoms with Crippen molar-refractivity contribution in [1.82, 2.24) is 20.1 Å². The van der Waals surface area contributed by atoms with E-state index in [2.05, 4.69) is 15.4 Å². The van der Waals surface area contributed by atoms with Gasteiger partial charge in [0.15, 0.2) is 11.8 Å². The third kappa shape index (κ3) is 4.05. The number of aromatic nitrogens is 3. The fourth-order valence-electron chi connectivity index (χ4n) is 2.67. The predicted octanol–water partition coefficient (Wildman–Crippen LogP) is 3.44. The first-order valence-corrected chi connectivity index (χ1v) is 8.93. The highest BCUT2D eigenvalue weighted by Gasteiger charge is 2.36. The van der Waals surface area contributed by atoms with E-state index in [1.807, 2.05) is 17.5 Å². The van der Waals surface area contributed by atoms with Gasteiger partial charge in [-0.1, -0.05) is 6.07 Å². The van der Waals surface area contributed by atoms with Crippen LogP contribution in [0.15, 0.2) is 23.6 Å². The second-order valence-electron chi connectivity index (χ2n) is 5.97. The zero-order chi connectivity index (χ0) is 19.8. The molecule has 0 saturated heterocycles. The average molecular weight is 398 g/mol. The van der Waals surface area contributed by atoms with Gasteiger partial charge >= 0.3 is 6.18 Å². The van der Waals surface area contributed by atoms with Gasteiger partial charge in [0, 0.05) is 18.0 Å². The van der Waals surface area contributed by atoms with E-state index in [1.165, 1.54) is 36.9 Å². The second-order valence-corrected chi connectivity index (χ2v) is 7.00. The Kier molecular flexibility index (Phi) is 5.09. The zero-order valence-corrected chi connectivity index (χ0v) is 15.6. The Bertz CT molecular complexity index is 967. The van der Waals surface area contributed by atoms with Crippen LogP contribution >= 0.6 is 11.3 Å². The molecule has 1 N–H and O–H groups in total. The van der Waals surface area contributed by atoms with E-state index in [4.69, 9.17) is 4.74 Å². The predicted molar refractivity (Wildman–Crippen MR) is 94.5 cm³/mol. The summed E-state index contributed by atoms with van der Waals surface area (Å²) in [4.78, 5) is 17.2. The van der Waals surface area contributed by atoms with Gasteiger partial charge in [-0.2, -0.15) is 23.3 Å². The Labute approximate surface area is 157 Å². The van der Waals surface area contributed by atoms with E-state index < -0.39 is 23.8 Å². The summed E-state index contributed by atoms with van der Waals surface area (Å²) in [7, 11) is 1.50. The lowest BCUT2D eigenvalue weighted by atomic mass is 10.1. The van der Waals surface area contributed by atoms with E-state index in [9.17, 15) is 18.0 Å². The smallest absolute Gasteiger partial charge is 0.417 e. The number of carbonyl (C=O) groups excluding carboxylic acids is 1. The van der Waals surface area contributed by atoms with Crippen LogP contribution in [0.3, 0.4) is 0 Å². The SMILES string of the molecule is Cc1nn(C)c2nc(O[C@@H](C)C(=O)NCc3cccs3)cc(C(F)(F)F)c12. The summed E-state index contributed by atoms with van der Waals surface area (Å²) in [6.45, 7) is 3.27. The number of nitrogens with zero attached hydrogens (tertiary/aromatic N) is 3. The number of halogens is 3. The average Bonchev–Trinajstić information content (AvgIpc) is 3.20. The van der Waals surface area contributed by atoms with Crippen molar-refractivity contribution >= 4 is 28.3 Å². The molecule has 144 valence electrons. The van der Waals surface area contributed by atoms with Crippen LogP contribution in [0.1, 0.15) is 23.1 Å². The van der Waals surface area contributed by atoms with Crippen molar-refractivity contribution in [1.29, 1.82) is 0 Å². The number of thiophene rings is 1. The van der Waals surface area contributed by atoms with Crippen LogP contribution < -0.4 is 10.1 Å². The molecule has 3 heterocycles. The van der Waals surface area contributed by atoms with Crippen molar-refractivity contribution in [2.45, 2.75) is 32.7 Å². The van der Waals surface area contributed by atoms with E-state index in [1.54, 1.807) is 0 Å². The minimum absolute atomic E-state index is 0.0449. The summed E-state index contributed by atoms with van der Waals surface area (Å²) < 4.78 is 47.0. The molecule has 27 heavy (non-hydrogen) atoms. The number of ether oxygens (including phenoxy) is 1. The number of hydrogen-bond donors (Lipinski definition) is 1. The fourth-order valence-corrected chi connectivity index (χ4v) is 3.32. The maximum Gasteiger partial charge on any atom is 0.417 e. The third-order valence-electron chi connectivity index (χ3n) is 3.93. The van der Waals surface area contributed by atoms with Crippen molar-refractivity contribution in [2.24, 2.45) is 7.05 Å². The minimum Gasteiger partial charge on any atom is -0.464 e. The van der Waals surface area contributed by atoms with Crippen LogP contribution in [0.5, 0.6) is 5.88 Å². The quantitative estimate of drug-likeness (QED) is 0.715. The Hall–Kier alpha value is -2.62. The lowest BCUT2D eigenvalue weighted by Gasteiger charge is -2.16. The highest BCUT2D eigenvalue weighted by Crippen LogP contribution is 2.37. The van der Waals surface area contributed by atoms with Crippen molar-refractivity contribution in [3.05, 3.63) is 39.7 Å². The number of nitrogens with one attached hydrogen (secondary N) is 1. The molecule has 3 aromatic heterocycles. The molecule has 10 heteroatoms. The van der Waals surface area contributed by atoms with Crippen LogP contribution in [-0.2, 0) is 24.6 Å². The van der Waals surface area contributed by atoms with Gasteiger partial charge in [-0.15, -0.1) is 11.3 Å². The van der Waals surface area contributed by atoms with Crippen LogP contribution in [0.4, 0.5) is 13.2 Å². The second kappa shape index (κ2) is 7.18. The summed E-state index contributed by atoms with van der Waals surface area (Å²) in [5, 5.41) is 8.49. The number of hydrogen-bond acceptors (Lipinski definition) is 5. The molecule has 0 spiro atoms. The van der Waals surface area contributed by atoms with Gasteiger partial charge in [0.25, 0.3) is 5.91 Å². The number of aryl methyl sites for hydroxylation is 2. The molecule has 0 radical (unpaired) electrons. The number of alkyl halides is 3. The first-order chi connectivity index (χ1) is 12.7. The molecular weight excluding hydrogens is 381 g/mol. The summed E-state index contributed by atoms with van der Waals surface area (Å²) in [5.41, 5.74) is -0.622. The Morgan fingerprint density at radius 2 is 2.19 bits per heavy atom. The highest BCUT2D eigenvalue weighted by atomic mass is 32.1. The Morgan fingerprint density at radius 3 is 2.81 bits per heavy atom. The van der Waals surface area contributed by atoms with Gasteiger partial charge < -0.3 is 10.1 Å². The topological polar surface area (TPSA) is 69.0 Å². The largest absolute Gasteiger partial charge is 0.464 e. The monoisotopic (exact) mass is 398 g/mol. The van der Waals surface area contributed by atoms with Gasteiger partial charge in [0.2, 0.25) is 5.88 Å². The normalized spacial score (nSPS) is 13.0. The molecule has 0 fully saturated rings. The maximum absolute atomic E-state index is 13.5. The van der Waals surface area contributed by atoms with E-state index >= 15 is 0 Å². The number of fused-ring (bicyclic) bond motifs is 1. The standard InChI is InChI=1S/C17H17F3N4O2S/c1-9-14-12(17(18,19)20)7-13(22-15(14)24(3)23-9)26-10(2)16(25)21-8-11-5-4-6-27-11/h4-7,10H,8H2,1-3H3,(H,21,25)/t10-/m0/s1. The molecule has 1 atom stereocenters. The van der Waals surface area contributed by atoms with Gasteiger partial charge in [-0.25, -0.2) is 0 Å². The molecule has 0 unspecified atom stereocenters. The van der Waals surface area contributed by atoms with Gasteiger partial charge in [-0.3, -0.25) is 9.48 Å². The van der Waals surface area contributed by atoms with Gasteiger partial charge in [0.05, 0.1) is 23.2 Å². The van der Waals surface area contributed by atoms with Crippen molar-refractivity contribution in [2.75, 3.05) is 0 Å². The Morgan fingerprint density at radius 1 is 1.44 bits per heavy atom. The maximum atomic E-state index is 13.5. The van der Waals surface area contributed by atoms with Crippen molar-refractivity contribution in [3.63, 3.8) is 0 Å². The lowest BCUT2D eigenvalue weighted by molar-refractivity contribution is -0.136. The van der Waals surface area contributed by atoms with Crippen LogP contribution in [0.25, 0.3) is 11.0 Å². The molecule has 0 aliphatic heterocycles. The van der Waals surface area contributed by atoms with Crippen molar-refractivity contribution < 1.29 is 22.7 Å². The molecule has 0 bridgehead atoms. The molecular formula is C17H17F3N4O2S. The number of rotatable bonds is 5. The number of carbonyl (C=O) groups is 1. The number of amides is 1. The highest BCUT2D eigenvalue weighted by molar-refractivity contribution is 7.09. The number of pyridine rings is 1. The molecule has 1 amide bonds. The summed E-state index contributed by atoms with van der Waals surface area (Å²) >= 11 is 1.49. The summed E-state index contributed by atoms with van der Waals surface area (Å²) in [6, 6.07) is 4.53. The molecule has 6 nitrogen and oxygen atoms in total. The van der Waals surface area contributed by atoms with E-state index in [0.29, 0.717) is 6.54 Å². The van der Waals surface area contributed by atoms with E-state index in [-0.39, 0.29) is 22.6 Å². The first-order valence-electron chi connectivity index (χ1n) is 8.05. The van der Waals surface area contributed by atoms with Crippen LogP contribution in [0.2, 0.25) is 0 Å². The molecule has 0 aliphatic carbocycles. The van der Waals surface area contributed by atoms with Crippen molar-refractivity contribution in [3.8, 4) is 5.88 Å². The third-order valence-corrected chi connectivity index (χ3v) is 4.81. The lowest BCUT2D eigenvalue weighted by Crippen LogP contribution is -2.36. The van der Waals surface area contributed by atoms with Crippen LogP contribution in [0, 0.1) is 6.92 Å². The minimum atomic E-state index is -4.60. The summed E-state index contributed by atoms with van der Waals surface area (Å²) in [6.07, 6.45) is -5.61. The molecule has 3 aromatic rings. The molecule has 0 aromatic carbocycles. The first kappa shape index (κ1) is 19.2. The van der Waals surface area contributed by atoms with Gasteiger partial charge in [0.1, 0.15) is 0 Å². The fraction of sp³-hybridized carbons (Fsp3) is 0.353. The van der Waals surface area contributed by atoms with Gasteiger partial charge in [-0.05, 0) is 25.3 Å².